The van der Waals surface area contributed by atoms with Gasteiger partial charge in [0.05, 0.1) is 0 Å². The lowest BCUT2D eigenvalue weighted by molar-refractivity contribution is 0.0162. The largest absolute Gasteiger partial charge is 0.444 e. The summed E-state index contributed by atoms with van der Waals surface area (Å²) in [6.07, 6.45) is 0.549. The molecule has 0 spiro atoms. The third-order valence-electron chi connectivity index (χ3n) is 4.03. The lowest BCUT2D eigenvalue weighted by Gasteiger charge is -2.52. The van der Waals surface area contributed by atoms with Crippen molar-refractivity contribution in [3.8, 4) is 0 Å². The van der Waals surface area contributed by atoms with Crippen LogP contribution in [0.5, 0.6) is 0 Å². The van der Waals surface area contributed by atoms with Crippen LogP contribution in [0.2, 0.25) is 0 Å². The Labute approximate surface area is 136 Å². The predicted molar refractivity (Wildman–Crippen MR) is 86.8 cm³/mol. The van der Waals surface area contributed by atoms with Gasteiger partial charge in [0.2, 0.25) is 0 Å². The second-order valence-corrected chi connectivity index (χ2v) is 8.67. The van der Waals surface area contributed by atoms with E-state index in [0.717, 1.165) is 23.0 Å². The van der Waals surface area contributed by atoms with Gasteiger partial charge >= 0.3 is 6.09 Å². The molecule has 1 aromatic heterocycles. The highest BCUT2D eigenvalue weighted by molar-refractivity contribution is 7.11. The lowest BCUT2D eigenvalue weighted by atomic mass is 9.63. The standard InChI is InChI=1S/C15H26N4O2S/c1-9-18-19-12(22-9)8-16-10-7-11(15(10,5)6)17-13(20)21-14(2,3)4/h10-11,16H,7-8H2,1-6H3,(H,17,20). The number of aryl methyl sites for hydroxylation is 1. The molecule has 0 bridgehead atoms. The van der Waals surface area contributed by atoms with Crippen molar-refractivity contribution in [2.45, 2.75) is 72.2 Å². The molecule has 1 aliphatic rings. The molecule has 2 N–H and O–H groups in total. The lowest BCUT2D eigenvalue weighted by Crippen LogP contribution is -2.65. The van der Waals surface area contributed by atoms with Gasteiger partial charge in [-0.2, -0.15) is 0 Å². The Bertz CT molecular complexity index is 536. The average Bonchev–Trinajstić information content (AvgIpc) is 2.76. The summed E-state index contributed by atoms with van der Waals surface area (Å²) in [5.74, 6) is 0. The molecule has 1 amide bonds. The number of nitrogens with zero attached hydrogens (tertiary/aromatic N) is 2. The topological polar surface area (TPSA) is 76.1 Å². The van der Waals surface area contributed by atoms with E-state index in [-0.39, 0.29) is 17.6 Å². The van der Waals surface area contributed by atoms with Crippen LogP contribution >= 0.6 is 11.3 Å². The van der Waals surface area contributed by atoms with Crippen molar-refractivity contribution in [2.24, 2.45) is 5.41 Å². The smallest absolute Gasteiger partial charge is 0.407 e. The number of hydrogen-bond donors (Lipinski definition) is 2. The van der Waals surface area contributed by atoms with E-state index in [1.165, 1.54) is 0 Å². The minimum absolute atomic E-state index is 0.0172. The normalized spacial score (nSPS) is 23.7. The van der Waals surface area contributed by atoms with Crippen molar-refractivity contribution in [3.05, 3.63) is 10.0 Å². The van der Waals surface area contributed by atoms with Crippen LogP contribution in [0, 0.1) is 12.3 Å². The highest BCUT2D eigenvalue weighted by Crippen LogP contribution is 2.40. The highest BCUT2D eigenvalue weighted by atomic mass is 32.1. The molecule has 0 aliphatic heterocycles. The summed E-state index contributed by atoms with van der Waals surface area (Å²) in [5.41, 5.74) is -0.484. The zero-order valence-corrected chi connectivity index (χ0v) is 15.0. The first kappa shape index (κ1) is 17.1. The SMILES string of the molecule is Cc1nnc(CNC2CC(NC(=O)OC(C)(C)C)C2(C)C)s1. The quantitative estimate of drug-likeness (QED) is 0.889. The van der Waals surface area contributed by atoms with Crippen LogP contribution in [-0.4, -0.2) is 34.0 Å². The van der Waals surface area contributed by atoms with E-state index in [1.807, 2.05) is 27.7 Å². The molecule has 2 unspecified atom stereocenters. The molecule has 0 saturated heterocycles. The van der Waals surface area contributed by atoms with E-state index in [0.29, 0.717) is 6.04 Å². The van der Waals surface area contributed by atoms with E-state index in [1.54, 1.807) is 11.3 Å². The Morgan fingerprint density at radius 3 is 2.55 bits per heavy atom. The average molecular weight is 326 g/mol. The van der Waals surface area contributed by atoms with Crippen molar-refractivity contribution in [1.29, 1.82) is 0 Å². The van der Waals surface area contributed by atoms with E-state index in [9.17, 15) is 4.79 Å². The number of hydrogen-bond acceptors (Lipinski definition) is 6. The molecule has 1 fully saturated rings. The minimum atomic E-state index is -0.467. The van der Waals surface area contributed by atoms with Gasteiger partial charge in [-0.15, -0.1) is 21.5 Å². The highest BCUT2D eigenvalue weighted by Gasteiger charge is 2.49. The Kier molecular flexibility index (Phi) is 4.77. The number of ether oxygens (including phenoxy) is 1. The molecule has 6 nitrogen and oxygen atoms in total. The van der Waals surface area contributed by atoms with Crippen LogP contribution in [0.4, 0.5) is 4.79 Å². The van der Waals surface area contributed by atoms with Crippen LogP contribution in [0.15, 0.2) is 0 Å². The summed E-state index contributed by atoms with van der Waals surface area (Å²) >= 11 is 1.61. The molecule has 0 radical (unpaired) electrons. The molecule has 1 aromatic rings. The van der Waals surface area contributed by atoms with Crippen molar-refractivity contribution in [3.63, 3.8) is 0 Å². The summed E-state index contributed by atoms with van der Waals surface area (Å²) in [4.78, 5) is 11.9. The third-order valence-corrected chi connectivity index (χ3v) is 4.86. The van der Waals surface area contributed by atoms with Gasteiger partial charge in [0, 0.05) is 24.0 Å². The van der Waals surface area contributed by atoms with Gasteiger partial charge in [-0.3, -0.25) is 0 Å². The van der Waals surface area contributed by atoms with Gasteiger partial charge in [-0.05, 0) is 34.1 Å². The summed E-state index contributed by atoms with van der Waals surface area (Å²) in [5, 5.41) is 16.6. The first-order valence-corrected chi connectivity index (χ1v) is 8.41. The number of alkyl carbamates (subject to hydrolysis) is 1. The Morgan fingerprint density at radius 1 is 1.36 bits per heavy atom. The molecular weight excluding hydrogens is 300 g/mol. The number of aromatic nitrogens is 2. The van der Waals surface area contributed by atoms with Gasteiger partial charge < -0.3 is 15.4 Å². The van der Waals surface area contributed by atoms with Gasteiger partial charge in [-0.25, -0.2) is 4.79 Å². The fourth-order valence-corrected chi connectivity index (χ4v) is 3.25. The van der Waals surface area contributed by atoms with E-state index in [4.69, 9.17) is 4.74 Å². The van der Waals surface area contributed by atoms with Crippen LogP contribution in [-0.2, 0) is 11.3 Å². The van der Waals surface area contributed by atoms with E-state index in [2.05, 4.69) is 34.7 Å². The first-order chi connectivity index (χ1) is 10.1. The fourth-order valence-electron chi connectivity index (χ4n) is 2.59. The molecule has 7 heteroatoms. The number of carbonyl (C=O) groups excluding carboxylic acids is 1. The Morgan fingerprint density at radius 2 is 2.05 bits per heavy atom. The summed E-state index contributed by atoms with van der Waals surface area (Å²) < 4.78 is 5.32. The molecule has 2 rings (SSSR count). The van der Waals surface area contributed by atoms with Crippen molar-refractivity contribution in [2.75, 3.05) is 0 Å². The summed E-state index contributed by atoms with van der Waals surface area (Å²) in [6, 6.07) is 0.465. The molecule has 0 aromatic carbocycles. The molecule has 1 heterocycles. The molecule has 1 saturated carbocycles. The van der Waals surface area contributed by atoms with E-state index >= 15 is 0 Å². The third kappa shape index (κ3) is 4.16. The van der Waals surface area contributed by atoms with Gasteiger partial charge in [-0.1, -0.05) is 13.8 Å². The zero-order chi connectivity index (χ0) is 16.5. The zero-order valence-electron chi connectivity index (χ0n) is 14.2. The fraction of sp³-hybridized carbons (Fsp3) is 0.800. The summed E-state index contributed by atoms with van der Waals surface area (Å²) in [6.45, 7) is 12.6. The second kappa shape index (κ2) is 6.12. The second-order valence-electron chi connectivity index (χ2n) is 7.40. The minimum Gasteiger partial charge on any atom is -0.444 e. The number of rotatable bonds is 4. The Balaban J connectivity index is 1.80. The van der Waals surface area contributed by atoms with Crippen LogP contribution < -0.4 is 10.6 Å². The van der Waals surface area contributed by atoms with Gasteiger partial charge in [0.25, 0.3) is 0 Å². The summed E-state index contributed by atoms with van der Waals surface area (Å²) in [7, 11) is 0. The predicted octanol–water partition coefficient (Wildman–Crippen LogP) is 2.63. The number of amides is 1. The maximum atomic E-state index is 11.9. The monoisotopic (exact) mass is 326 g/mol. The first-order valence-electron chi connectivity index (χ1n) is 7.60. The Hall–Kier alpha value is -1.21. The molecule has 1 aliphatic carbocycles. The maximum absolute atomic E-state index is 11.9. The molecule has 2 atom stereocenters. The van der Waals surface area contributed by atoms with E-state index < -0.39 is 5.60 Å². The van der Waals surface area contributed by atoms with Gasteiger partial charge in [0.15, 0.2) is 0 Å². The maximum Gasteiger partial charge on any atom is 0.407 e. The number of carbonyl (C=O) groups is 1. The van der Waals surface area contributed by atoms with Gasteiger partial charge in [0.1, 0.15) is 15.6 Å². The molecule has 124 valence electrons. The van der Waals surface area contributed by atoms with Crippen molar-refractivity contribution >= 4 is 17.4 Å². The number of nitrogens with one attached hydrogen (secondary N) is 2. The van der Waals surface area contributed by atoms with Crippen LogP contribution in [0.25, 0.3) is 0 Å². The van der Waals surface area contributed by atoms with Crippen molar-refractivity contribution < 1.29 is 9.53 Å². The van der Waals surface area contributed by atoms with Crippen molar-refractivity contribution in [1.82, 2.24) is 20.8 Å². The molecule has 22 heavy (non-hydrogen) atoms. The van der Waals surface area contributed by atoms with Crippen LogP contribution in [0.3, 0.4) is 0 Å². The van der Waals surface area contributed by atoms with Crippen LogP contribution in [0.1, 0.15) is 51.1 Å². The molecular formula is C15H26N4O2S.